The van der Waals surface area contributed by atoms with Crippen molar-refractivity contribution >= 4 is 11.9 Å². The fourth-order valence-electron chi connectivity index (χ4n) is 8.31. The van der Waals surface area contributed by atoms with Crippen LogP contribution < -0.4 is 10.2 Å². The van der Waals surface area contributed by atoms with Gasteiger partial charge in [-0.1, -0.05) is 242 Å². The number of aryl methyl sites for hydroxylation is 4. The van der Waals surface area contributed by atoms with Gasteiger partial charge in [-0.2, -0.15) is 0 Å². The van der Waals surface area contributed by atoms with Gasteiger partial charge in [0.2, 0.25) is 0 Å². The molecule has 0 amide bonds. The van der Waals surface area contributed by atoms with Crippen molar-refractivity contribution in [2.75, 3.05) is 0 Å². The summed E-state index contributed by atoms with van der Waals surface area (Å²) in [5.74, 6) is -2.72. The summed E-state index contributed by atoms with van der Waals surface area (Å²) in [6.45, 7) is 8.94. The molecule has 6 nitrogen and oxygen atoms in total. The molecular formula is C54H90O6Zn. The quantitative estimate of drug-likeness (QED) is 0.0511. The molecule has 0 unspecified atom stereocenters. The molecule has 2 aromatic rings. The first-order valence-corrected chi connectivity index (χ1v) is 25.3. The van der Waals surface area contributed by atoms with Gasteiger partial charge in [0.15, 0.2) is 0 Å². The fourth-order valence-corrected chi connectivity index (χ4v) is 8.31. The predicted octanol–water partition coefficient (Wildman–Crippen LogP) is 15.6. The topological polar surface area (TPSA) is 121 Å². The van der Waals surface area contributed by atoms with Crippen molar-refractivity contribution in [3.8, 4) is 11.5 Å². The van der Waals surface area contributed by atoms with E-state index in [1.807, 2.05) is 12.1 Å². The number of hydrogen-bond donors (Lipinski definition) is 2. The van der Waals surface area contributed by atoms with Crippen LogP contribution >= 0.6 is 0 Å². The molecule has 0 saturated heterocycles. The maximum Gasteiger partial charge on any atom is 2.00 e. The Kier molecular flexibility index (Phi) is 38.8. The van der Waals surface area contributed by atoms with E-state index in [4.69, 9.17) is 0 Å². The van der Waals surface area contributed by atoms with Gasteiger partial charge < -0.3 is 20.4 Å². The van der Waals surface area contributed by atoms with E-state index in [1.54, 1.807) is 12.1 Å². The van der Waals surface area contributed by atoms with Gasteiger partial charge in [0.05, 0.1) is 11.1 Å². The minimum absolute atomic E-state index is 0. The monoisotopic (exact) mass is 899 g/mol. The van der Waals surface area contributed by atoms with Crippen LogP contribution in [-0.2, 0) is 45.2 Å². The summed E-state index contributed by atoms with van der Waals surface area (Å²) in [6, 6.07) is 7.20. The summed E-state index contributed by atoms with van der Waals surface area (Å²) >= 11 is 0. The molecule has 61 heavy (non-hydrogen) atoms. The Morgan fingerprint density at radius 2 is 0.574 bits per heavy atom. The molecule has 0 aliphatic heterocycles. The second-order valence-corrected chi connectivity index (χ2v) is 17.8. The number of hydrogen-bond acceptors (Lipinski definition) is 4. The molecule has 2 rings (SSSR count). The standard InChI is InChI=1S/2C27H46O3.Zn/c2*1-3-5-7-9-11-13-15-17-19-23-21-24(26(28)25(22-23)27(29)30)20-18-16-14-12-10-8-6-4-2;/h2*21-22,28H,3-20H2,1-2H3,(H,29,30);/q;;+2/p-2. The van der Waals surface area contributed by atoms with E-state index in [1.165, 1.54) is 167 Å². The van der Waals surface area contributed by atoms with Gasteiger partial charge >= 0.3 is 31.4 Å². The number of aromatic carboxylic acids is 2. The molecule has 344 valence electrons. The second kappa shape index (κ2) is 40.4. The van der Waals surface area contributed by atoms with Crippen molar-refractivity contribution in [1.82, 2.24) is 0 Å². The van der Waals surface area contributed by atoms with Gasteiger partial charge in [-0.25, -0.2) is 9.59 Å². The van der Waals surface area contributed by atoms with E-state index in [2.05, 4.69) is 27.7 Å². The van der Waals surface area contributed by atoms with Crippen LogP contribution in [0.5, 0.6) is 11.5 Å². The Morgan fingerprint density at radius 1 is 0.361 bits per heavy atom. The first-order chi connectivity index (χ1) is 29.2. The maximum atomic E-state index is 12.5. The van der Waals surface area contributed by atoms with Crippen molar-refractivity contribution in [3.05, 3.63) is 57.6 Å². The number of rotatable bonds is 38. The molecule has 7 heteroatoms. The molecule has 2 aromatic carbocycles. The zero-order valence-electron chi connectivity index (χ0n) is 40.0. The van der Waals surface area contributed by atoms with Crippen molar-refractivity contribution < 1.29 is 49.5 Å². The van der Waals surface area contributed by atoms with E-state index < -0.39 is 11.9 Å². The largest absolute Gasteiger partial charge is 2.00 e. The molecule has 0 heterocycles. The normalized spacial score (nSPS) is 11.0. The van der Waals surface area contributed by atoms with Crippen LogP contribution in [0.1, 0.15) is 276 Å². The Bertz CT molecular complexity index is 1270. The van der Waals surface area contributed by atoms with Gasteiger partial charge in [-0.05, 0) is 74.6 Å². The SMILES string of the molecule is CCCCCCCCCCc1cc(CCCCCCCCCC)c([O-])c(C(=O)O)c1.CCCCCCCCCCc1cc(CCCCCCCCCC)c([O-])c(C(=O)O)c1.[Zn+2]. The number of carbonyl (C=O) groups is 2. The number of unbranched alkanes of at least 4 members (excludes halogenated alkanes) is 28. The van der Waals surface area contributed by atoms with Crippen LogP contribution in [0.25, 0.3) is 0 Å². The third-order valence-electron chi connectivity index (χ3n) is 12.1. The summed E-state index contributed by atoms with van der Waals surface area (Å²) in [5.41, 5.74) is 3.37. The molecular weight excluding hydrogens is 810 g/mol. The summed E-state index contributed by atoms with van der Waals surface area (Å²) in [4.78, 5) is 23.1. The van der Waals surface area contributed by atoms with Crippen LogP contribution in [-0.4, -0.2) is 22.2 Å². The molecule has 0 fully saturated rings. The Morgan fingerprint density at radius 3 is 0.803 bits per heavy atom. The van der Waals surface area contributed by atoms with Crippen LogP contribution in [0.2, 0.25) is 0 Å². The van der Waals surface area contributed by atoms with E-state index in [0.717, 1.165) is 62.5 Å². The molecule has 0 bridgehead atoms. The van der Waals surface area contributed by atoms with Gasteiger partial charge in [-0.3, -0.25) is 0 Å². The molecule has 0 spiro atoms. The van der Waals surface area contributed by atoms with Crippen LogP contribution in [0.3, 0.4) is 0 Å². The Balaban J connectivity index is 0.00000116. The Labute approximate surface area is 387 Å². The minimum atomic E-state index is -1.09. The summed E-state index contributed by atoms with van der Waals surface area (Å²) in [6.07, 6.45) is 42.9. The maximum absolute atomic E-state index is 12.5. The average molecular weight is 901 g/mol. The van der Waals surface area contributed by atoms with Crippen molar-refractivity contribution in [2.24, 2.45) is 0 Å². The smallest absolute Gasteiger partial charge is 0.872 e. The predicted molar refractivity (Wildman–Crippen MR) is 251 cm³/mol. The summed E-state index contributed by atoms with van der Waals surface area (Å²) in [7, 11) is 0. The fraction of sp³-hybridized carbons (Fsp3) is 0.741. The zero-order chi connectivity index (χ0) is 44.1. The summed E-state index contributed by atoms with van der Waals surface area (Å²) < 4.78 is 0. The first-order valence-electron chi connectivity index (χ1n) is 25.3. The van der Waals surface area contributed by atoms with Crippen LogP contribution in [0.15, 0.2) is 24.3 Å². The van der Waals surface area contributed by atoms with Crippen molar-refractivity contribution in [1.29, 1.82) is 0 Å². The number of carboxylic acid groups (broad SMARTS) is 2. The summed E-state index contributed by atoms with van der Waals surface area (Å²) in [5, 5.41) is 43.9. The molecule has 0 radical (unpaired) electrons. The van der Waals surface area contributed by atoms with Crippen molar-refractivity contribution in [2.45, 2.75) is 259 Å². The van der Waals surface area contributed by atoms with Crippen LogP contribution in [0.4, 0.5) is 0 Å². The molecule has 0 aliphatic carbocycles. The minimum Gasteiger partial charge on any atom is -0.872 e. The van der Waals surface area contributed by atoms with Crippen LogP contribution in [0, 0.1) is 0 Å². The van der Waals surface area contributed by atoms with E-state index in [0.29, 0.717) is 24.0 Å². The van der Waals surface area contributed by atoms with E-state index in [-0.39, 0.29) is 42.1 Å². The number of carboxylic acids is 2. The van der Waals surface area contributed by atoms with Gasteiger partial charge in [0.1, 0.15) is 0 Å². The van der Waals surface area contributed by atoms with E-state index in [9.17, 15) is 30.0 Å². The van der Waals surface area contributed by atoms with E-state index >= 15 is 0 Å². The van der Waals surface area contributed by atoms with Gasteiger partial charge in [0, 0.05) is 0 Å². The van der Waals surface area contributed by atoms with Gasteiger partial charge in [0.25, 0.3) is 0 Å². The third-order valence-corrected chi connectivity index (χ3v) is 12.1. The zero-order valence-corrected chi connectivity index (χ0v) is 43.0. The molecule has 0 aromatic heterocycles. The van der Waals surface area contributed by atoms with Gasteiger partial charge in [-0.15, -0.1) is 0 Å². The first kappa shape index (κ1) is 58.6. The molecule has 0 saturated carbocycles. The second-order valence-electron chi connectivity index (χ2n) is 17.8. The molecule has 0 atom stereocenters. The average Bonchev–Trinajstić information content (AvgIpc) is 3.23. The third kappa shape index (κ3) is 29.6. The molecule has 2 N–H and O–H groups in total. The number of benzene rings is 2. The Hall–Kier alpha value is -2.40. The molecule has 0 aliphatic rings. The van der Waals surface area contributed by atoms with Crippen molar-refractivity contribution in [3.63, 3.8) is 0 Å².